The van der Waals surface area contributed by atoms with Crippen LogP contribution in [0.15, 0.2) is 85.2 Å². The first-order valence-electron chi connectivity index (χ1n) is 16.4. The van der Waals surface area contributed by atoms with Crippen LogP contribution in [-0.2, 0) is 39.3 Å². The molecule has 0 saturated carbocycles. The van der Waals surface area contributed by atoms with Gasteiger partial charge in [-0.1, -0.05) is 48.5 Å². The predicted molar refractivity (Wildman–Crippen MR) is 185 cm³/mol. The number of amides is 2. The second kappa shape index (κ2) is 12.4. The van der Waals surface area contributed by atoms with Gasteiger partial charge in [-0.25, -0.2) is 0 Å². The Balaban J connectivity index is 1.24. The molecule has 2 aliphatic heterocycles. The van der Waals surface area contributed by atoms with Gasteiger partial charge in [0, 0.05) is 71.3 Å². The molecule has 48 heavy (non-hydrogen) atoms. The standard InChI is InChI=1S/C36H40N6O5Si/c1-23-34(48(2,3)46)32(15-17-41-22-26(16-18-43)39-40-41)47-36(23)29-20-25(13-14-31(29)42(35(36)45)27-9-5-4-6-10-27)38-33(44)19-24-21-37-30-12-8-7-11-28(24)30/h4-14,20-23,32,34,37,43,46H,15-19H2,1-3H3,(H,38,44)/t23-,32+,34-,36+/m0/s1. The number of aromatic amines is 1. The Morgan fingerprint density at radius 1 is 1.10 bits per heavy atom. The van der Waals surface area contributed by atoms with Crippen molar-refractivity contribution in [2.45, 2.75) is 63.1 Å². The van der Waals surface area contributed by atoms with Crippen LogP contribution in [0.5, 0.6) is 0 Å². The maximum atomic E-state index is 14.8. The topological polar surface area (TPSA) is 146 Å². The number of hydrogen-bond acceptors (Lipinski definition) is 7. The first-order valence-corrected chi connectivity index (χ1v) is 19.4. The van der Waals surface area contributed by atoms with E-state index < -0.39 is 20.0 Å². The van der Waals surface area contributed by atoms with E-state index in [1.165, 1.54) is 0 Å². The summed E-state index contributed by atoms with van der Waals surface area (Å²) in [7, 11) is -2.89. The van der Waals surface area contributed by atoms with Crippen molar-refractivity contribution in [3.8, 4) is 0 Å². The minimum absolute atomic E-state index is 0.0122. The van der Waals surface area contributed by atoms with Crippen LogP contribution < -0.4 is 10.2 Å². The zero-order valence-corrected chi connectivity index (χ0v) is 28.3. The van der Waals surface area contributed by atoms with Gasteiger partial charge in [-0.2, -0.15) is 0 Å². The summed E-state index contributed by atoms with van der Waals surface area (Å²) in [6.07, 6.45) is 4.33. The molecule has 0 bridgehead atoms. The number of H-pyrrole nitrogens is 1. The van der Waals surface area contributed by atoms with Gasteiger partial charge in [0.25, 0.3) is 5.91 Å². The second-order valence-corrected chi connectivity index (χ2v) is 17.4. The molecular weight excluding hydrogens is 625 g/mol. The Kier molecular flexibility index (Phi) is 8.28. The Morgan fingerprint density at radius 2 is 1.88 bits per heavy atom. The molecule has 248 valence electrons. The number of benzene rings is 3. The van der Waals surface area contributed by atoms with Crippen molar-refractivity contribution >= 4 is 48.1 Å². The highest BCUT2D eigenvalue weighted by Gasteiger charge is 2.66. The Bertz CT molecular complexity index is 1970. The second-order valence-electron chi connectivity index (χ2n) is 13.4. The van der Waals surface area contributed by atoms with E-state index in [2.05, 4.69) is 20.6 Å². The molecule has 2 aliphatic rings. The quantitative estimate of drug-likeness (QED) is 0.153. The lowest BCUT2D eigenvalue weighted by Gasteiger charge is -2.32. The summed E-state index contributed by atoms with van der Waals surface area (Å²) in [5, 5.41) is 21.7. The van der Waals surface area contributed by atoms with Gasteiger partial charge >= 0.3 is 0 Å². The maximum Gasteiger partial charge on any atom is 0.268 e. The molecule has 7 rings (SSSR count). The fourth-order valence-electron chi connectivity index (χ4n) is 7.78. The van der Waals surface area contributed by atoms with Gasteiger partial charge in [0.05, 0.1) is 23.9 Å². The van der Waals surface area contributed by atoms with E-state index in [0.717, 1.165) is 16.5 Å². The molecule has 4 atom stereocenters. The molecule has 4 heterocycles. The number of aliphatic hydroxyl groups excluding tert-OH is 1. The summed E-state index contributed by atoms with van der Waals surface area (Å²) in [4.78, 5) is 44.8. The molecule has 2 aromatic heterocycles. The molecule has 1 fully saturated rings. The van der Waals surface area contributed by atoms with E-state index in [4.69, 9.17) is 4.74 Å². The Hall–Kier alpha value is -4.62. The van der Waals surface area contributed by atoms with Crippen molar-refractivity contribution in [3.05, 3.63) is 102 Å². The van der Waals surface area contributed by atoms with E-state index in [9.17, 15) is 19.5 Å². The van der Waals surface area contributed by atoms with Gasteiger partial charge in [-0.3, -0.25) is 19.2 Å². The third-order valence-electron chi connectivity index (χ3n) is 9.81. The third kappa shape index (κ3) is 5.54. The predicted octanol–water partition coefficient (Wildman–Crippen LogP) is 5.04. The van der Waals surface area contributed by atoms with Crippen LogP contribution in [-0.4, -0.2) is 62.7 Å². The van der Waals surface area contributed by atoms with Gasteiger partial charge in [0.15, 0.2) is 13.9 Å². The highest BCUT2D eigenvalue weighted by molar-refractivity contribution is 6.71. The first-order chi connectivity index (χ1) is 23.1. The molecule has 0 radical (unpaired) electrons. The molecule has 3 aromatic carbocycles. The van der Waals surface area contributed by atoms with Gasteiger partial charge < -0.3 is 24.9 Å². The molecule has 1 spiro atoms. The highest BCUT2D eigenvalue weighted by Crippen LogP contribution is 2.61. The molecule has 2 amide bonds. The summed E-state index contributed by atoms with van der Waals surface area (Å²) in [5.41, 5.74) is 3.56. The average Bonchev–Trinajstić information content (AvgIpc) is 3.81. The van der Waals surface area contributed by atoms with Crippen LogP contribution in [0.25, 0.3) is 10.9 Å². The van der Waals surface area contributed by atoms with Crippen molar-refractivity contribution in [1.82, 2.24) is 20.0 Å². The van der Waals surface area contributed by atoms with Crippen molar-refractivity contribution in [2.24, 2.45) is 5.92 Å². The molecule has 1 saturated heterocycles. The minimum Gasteiger partial charge on any atom is -0.432 e. The van der Waals surface area contributed by atoms with Crippen LogP contribution in [0.1, 0.15) is 30.2 Å². The molecule has 0 aliphatic carbocycles. The normalized spacial score (nSPS) is 22.1. The van der Waals surface area contributed by atoms with Crippen molar-refractivity contribution in [2.75, 3.05) is 16.8 Å². The smallest absolute Gasteiger partial charge is 0.268 e. The lowest BCUT2D eigenvalue weighted by molar-refractivity contribution is -0.145. The number of carbonyl (C=O) groups excluding carboxylic acids is 2. The molecular formula is C36H40N6O5Si. The number of ether oxygens (including phenoxy) is 1. The zero-order chi connectivity index (χ0) is 33.6. The van der Waals surface area contributed by atoms with Crippen LogP contribution in [0.4, 0.5) is 17.1 Å². The first kappa shape index (κ1) is 31.9. The number of aromatic nitrogens is 4. The number of aryl methyl sites for hydroxylation is 1. The fourth-order valence-corrected chi connectivity index (χ4v) is 10.4. The third-order valence-corrected chi connectivity index (χ3v) is 12.3. The number of nitrogens with one attached hydrogen (secondary N) is 2. The van der Waals surface area contributed by atoms with E-state index in [0.29, 0.717) is 47.7 Å². The van der Waals surface area contributed by atoms with Crippen LogP contribution in [0.2, 0.25) is 18.6 Å². The molecule has 0 unspecified atom stereocenters. The largest absolute Gasteiger partial charge is 0.432 e. The monoisotopic (exact) mass is 664 g/mol. The average molecular weight is 665 g/mol. The molecule has 11 nitrogen and oxygen atoms in total. The molecule has 4 N–H and O–H groups in total. The number of carbonyl (C=O) groups is 2. The maximum absolute atomic E-state index is 14.8. The number of fused-ring (bicyclic) bond motifs is 3. The van der Waals surface area contributed by atoms with Crippen molar-refractivity contribution in [3.63, 3.8) is 0 Å². The summed E-state index contributed by atoms with van der Waals surface area (Å²) in [5.74, 6) is -0.756. The molecule has 5 aromatic rings. The Labute approximate surface area is 279 Å². The van der Waals surface area contributed by atoms with E-state index in [1.807, 2.05) is 99.0 Å². The summed E-state index contributed by atoms with van der Waals surface area (Å²) in [6, 6.07) is 22.9. The lowest BCUT2D eigenvalue weighted by Crippen LogP contribution is -2.45. The zero-order valence-electron chi connectivity index (χ0n) is 27.3. The summed E-state index contributed by atoms with van der Waals surface area (Å²) < 4.78 is 8.70. The van der Waals surface area contributed by atoms with Gasteiger partial charge in [0.1, 0.15) is 0 Å². The van der Waals surface area contributed by atoms with E-state index in [-0.39, 0.29) is 36.3 Å². The number of aliphatic hydroxyl groups is 1. The molecule has 12 heteroatoms. The number of nitrogens with zero attached hydrogens (tertiary/aromatic N) is 4. The fraction of sp³-hybridized carbons (Fsp3) is 0.333. The Morgan fingerprint density at radius 3 is 2.65 bits per heavy atom. The summed E-state index contributed by atoms with van der Waals surface area (Å²) in [6.45, 7) is 6.26. The van der Waals surface area contributed by atoms with Crippen LogP contribution in [0, 0.1) is 5.92 Å². The lowest BCUT2D eigenvalue weighted by atomic mass is 9.82. The van der Waals surface area contributed by atoms with Crippen molar-refractivity contribution in [1.29, 1.82) is 0 Å². The van der Waals surface area contributed by atoms with Gasteiger partial charge in [-0.05, 0) is 61.5 Å². The SMILES string of the molecule is C[C@H]1[C@H]([Si](C)(C)O)[C@@H](CCn2cc(CCO)nn2)O[C@]12C(=O)N(c1ccccc1)c1ccc(NC(=O)Cc3c[nH]c4ccccc34)cc12. The van der Waals surface area contributed by atoms with E-state index in [1.54, 1.807) is 15.8 Å². The van der Waals surface area contributed by atoms with Gasteiger partial charge in [0.2, 0.25) is 5.91 Å². The number of rotatable bonds is 10. The van der Waals surface area contributed by atoms with Crippen molar-refractivity contribution < 1.29 is 24.2 Å². The van der Waals surface area contributed by atoms with Gasteiger partial charge in [-0.15, -0.1) is 5.10 Å². The number of anilines is 3. The minimum atomic E-state index is -2.89. The summed E-state index contributed by atoms with van der Waals surface area (Å²) >= 11 is 0. The van der Waals surface area contributed by atoms with Crippen LogP contribution in [0.3, 0.4) is 0 Å². The van der Waals surface area contributed by atoms with Crippen LogP contribution >= 0.6 is 0 Å². The number of hydrogen-bond donors (Lipinski definition) is 4. The highest BCUT2D eigenvalue weighted by atomic mass is 28.4. The number of para-hydroxylation sites is 2. The van der Waals surface area contributed by atoms with E-state index >= 15 is 0 Å².